The minimum absolute atomic E-state index is 0.667. The van der Waals surface area contributed by atoms with E-state index in [1.165, 1.54) is 44.7 Å². The van der Waals surface area contributed by atoms with E-state index in [4.69, 9.17) is 15.1 Å². The van der Waals surface area contributed by atoms with Gasteiger partial charge < -0.3 is 15.1 Å². The van der Waals surface area contributed by atoms with Gasteiger partial charge in [0.15, 0.2) is 11.5 Å². The lowest BCUT2D eigenvalue weighted by atomic mass is 10.0. The Labute approximate surface area is 247 Å². The number of piperidine rings is 1. The largest absolute Gasteiger partial charge is 0.371 e. The maximum atomic E-state index is 5.01. The molecule has 2 aliphatic heterocycles. The lowest BCUT2D eigenvalue weighted by Gasteiger charge is -2.42. The molecule has 0 radical (unpaired) electrons. The van der Waals surface area contributed by atoms with Crippen molar-refractivity contribution in [3.05, 3.63) is 90.6 Å². The van der Waals surface area contributed by atoms with E-state index in [1.54, 1.807) is 0 Å². The van der Waals surface area contributed by atoms with Crippen LogP contribution >= 0.6 is 0 Å². The van der Waals surface area contributed by atoms with Gasteiger partial charge in [0.1, 0.15) is 5.82 Å². The number of anilines is 3. The number of nitrogens with one attached hydrogen (secondary N) is 1. The first kappa shape index (κ1) is 26.6. The summed E-state index contributed by atoms with van der Waals surface area (Å²) in [4.78, 5) is 17.6. The van der Waals surface area contributed by atoms with E-state index < -0.39 is 0 Å². The van der Waals surface area contributed by atoms with Crippen molar-refractivity contribution in [3.63, 3.8) is 0 Å². The van der Waals surface area contributed by atoms with Crippen LogP contribution in [0.1, 0.15) is 18.4 Å². The lowest BCUT2D eigenvalue weighted by Crippen LogP contribution is -2.52. The van der Waals surface area contributed by atoms with Gasteiger partial charge in [0.25, 0.3) is 0 Å². The van der Waals surface area contributed by atoms with Crippen molar-refractivity contribution in [2.45, 2.75) is 25.8 Å². The number of piperazine rings is 1. The monoisotopic (exact) mass is 558 g/mol. The van der Waals surface area contributed by atoms with Gasteiger partial charge in [0.2, 0.25) is 0 Å². The summed E-state index contributed by atoms with van der Waals surface area (Å²) in [5, 5.41) is 9.22. The molecule has 2 aliphatic rings. The summed E-state index contributed by atoms with van der Waals surface area (Å²) in [7, 11) is 2.23. The van der Waals surface area contributed by atoms with Gasteiger partial charge >= 0.3 is 0 Å². The van der Waals surface area contributed by atoms with E-state index >= 15 is 0 Å². The molecule has 7 rings (SSSR count). The molecule has 0 bridgehead atoms. The van der Waals surface area contributed by atoms with Gasteiger partial charge in [-0.15, -0.1) is 0 Å². The van der Waals surface area contributed by atoms with Crippen LogP contribution in [-0.4, -0.2) is 81.9 Å². The SMILES string of the molecule is Cc1ccccc1Nc1nc(-c2ccccc2)nc2c1cnn2-c1ccc(N2CCC(N3CCN(C)CC3)CC2)cc1. The second kappa shape index (κ2) is 11.5. The zero-order valence-corrected chi connectivity index (χ0v) is 24.4. The Morgan fingerprint density at radius 1 is 0.738 bits per heavy atom. The van der Waals surface area contributed by atoms with Gasteiger partial charge in [-0.1, -0.05) is 48.5 Å². The minimum atomic E-state index is 0.667. The summed E-state index contributed by atoms with van der Waals surface area (Å²) in [6.45, 7) is 9.07. The molecule has 0 atom stereocenters. The highest BCUT2D eigenvalue weighted by molar-refractivity contribution is 5.91. The van der Waals surface area contributed by atoms with E-state index in [0.29, 0.717) is 11.9 Å². The van der Waals surface area contributed by atoms with Gasteiger partial charge in [-0.25, -0.2) is 14.6 Å². The van der Waals surface area contributed by atoms with Crippen molar-refractivity contribution in [1.82, 2.24) is 29.5 Å². The molecule has 2 aromatic heterocycles. The summed E-state index contributed by atoms with van der Waals surface area (Å²) in [6.07, 6.45) is 4.32. The van der Waals surface area contributed by atoms with E-state index in [-0.39, 0.29) is 0 Å². The Balaban J connectivity index is 1.15. The average Bonchev–Trinajstić information content (AvgIpc) is 3.48. The summed E-state index contributed by atoms with van der Waals surface area (Å²) in [6, 6.07) is 27.9. The Kier molecular flexibility index (Phi) is 7.32. The number of nitrogens with zero attached hydrogens (tertiary/aromatic N) is 7. The van der Waals surface area contributed by atoms with Gasteiger partial charge in [0.05, 0.1) is 17.3 Å². The topological polar surface area (TPSA) is 65.4 Å². The van der Waals surface area contributed by atoms with E-state index in [0.717, 1.165) is 52.4 Å². The number of likely N-dealkylation sites (N-methyl/N-ethyl adjacent to an activating group) is 1. The molecule has 0 aliphatic carbocycles. The molecule has 214 valence electrons. The van der Waals surface area contributed by atoms with Crippen LogP contribution < -0.4 is 10.2 Å². The minimum Gasteiger partial charge on any atom is -0.371 e. The maximum absolute atomic E-state index is 5.01. The van der Waals surface area contributed by atoms with Crippen molar-refractivity contribution in [1.29, 1.82) is 0 Å². The first-order valence-corrected chi connectivity index (χ1v) is 15.0. The third kappa shape index (κ3) is 5.35. The van der Waals surface area contributed by atoms with Crippen molar-refractivity contribution in [2.24, 2.45) is 0 Å². The second-order valence-electron chi connectivity index (χ2n) is 11.6. The first-order valence-electron chi connectivity index (χ1n) is 15.0. The third-order valence-corrected chi connectivity index (χ3v) is 8.84. The fourth-order valence-electron chi connectivity index (χ4n) is 6.23. The molecule has 0 saturated carbocycles. The number of hydrogen-bond acceptors (Lipinski definition) is 7. The Bertz CT molecular complexity index is 1650. The fourth-order valence-corrected chi connectivity index (χ4v) is 6.23. The highest BCUT2D eigenvalue weighted by Crippen LogP contribution is 2.31. The normalized spacial score (nSPS) is 17.1. The average molecular weight is 559 g/mol. The van der Waals surface area contributed by atoms with Crippen LogP contribution in [0.2, 0.25) is 0 Å². The molecular formula is C34H38N8. The summed E-state index contributed by atoms with van der Waals surface area (Å²) < 4.78 is 1.93. The number of rotatable bonds is 6. The summed E-state index contributed by atoms with van der Waals surface area (Å²) in [5.74, 6) is 1.42. The highest BCUT2D eigenvalue weighted by Gasteiger charge is 2.27. The molecule has 0 amide bonds. The van der Waals surface area contributed by atoms with Gasteiger partial charge in [-0.05, 0) is 62.7 Å². The van der Waals surface area contributed by atoms with Crippen LogP contribution in [0, 0.1) is 6.92 Å². The van der Waals surface area contributed by atoms with Crippen LogP contribution in [0.4, 0.5) is 17.2 Å². The molecule has 8 heteroatoms. The van der Waals surface area contributed by atoms with Crippen LogP contribution in [0.25, 0.3) is 28.1 Å². The predicted molar refractivity (Wildman–Crippen MR) is 171 cm³/mol. The summed E-state index contributed by atoms with van der Waals surface area (Å²) >= 11 is 0. The lowest BCUT2D eigenvalue weighted by molar-refractivity contribution is 0.0982. The standard InChI is InChI=1S/C34H38N8/c1-25-8-6-7-11-31(25)36-33-30-24-35-42(34(30)38-32(37-33)26-9-4-3-5-10-26)29-14-12-27(13-15-29)40-18-16-28(17-19-40)41-22-20-39(2)21-23-41/h3-15,24,28H,16-23H2,1-2H3,(H,36,37,38). The number of benzene rings is 3. The van der Waals surface area contributed by atoms with Gasteiger partial charge in [-0.3, -0.25) is 4.90 Å². The van der Waals surface area contributed by atoms with Crippen LogP contribution in [0.5, 0.6) is 0 Å². The van der Waals surface area contributed by atoms with Crippen molar-refractivity contribution in [3.8, 4) is 17.1 Å². The third-order valence-electron chi connectivity index (χ3n) is 8.84. The van der Waals surface area contributed by atoms with E-state index in [9.17, 15) is 0 Å². The van der Waals surface area contributed by atoms with Crippen molar-refractivity contribution >= 4 is 28.2 Å². The van der Waals surface area contributed by atoms with Crippen LogP contribution in [0.3, 0.4) is 0 Å². The molecule has 1 N–H and O–H groups in total. The molecular weight excluding hydrogens is 520 g/mol. The molecule has 8 nitrogen and oxygen atoms in total. The highest BCUT2D eigenvalue weighted by atomic mass is 15.3. The predicted octanol–water partition coefficient (Wildman–Crippen LogP) is 5.75. The number of aromatic nitrogens is 4. The Morgan fingerprint density at radius 3 is 2.17 bits per heavy atom. The Morgan fingerprint density at radius 2 is 1.43 bits per heavy atom. The molecule has 2 fully saturated rings. The molecule has 3 aromatic carbocycles. The zero-order valence-electron chi connectivity index (χ0n) is 24.4. The van der Waals surface area contributed by atoms with Crippen molar-refractivity contribution in [2.75, 3.05) is 56.5 Å². The quantitative estimate of drug-likeness (QED) is 0.285. The van der Waals surface area contributed by atoms with Crippen LogP contribution in [-0.2, 0) is 0 Å². The fraction of sp³-hybridized carbons (Fsp3) is 0.324. The molecule has 42 heavy (non-hydrogen) atoms. The number of para-hydroxylation sites is 1. The molecule has 0 unspecified atom stereocenters. The number of fused-ring (bicyclic) bond motifs is 1. The van der Waals surface area contributed by atoms with E-state index in [2.05, 4.69) is 70.4 Å². The summed E-state index contributed by atoms with van der Waals surface area (Å²) in [5.41, 5.74) is 6.18. The Hall–Kier alpha value is -4.27. The molecule has 0 spiro atoms. The van der Waals surface area contributed by atoms with E-state index in [1.807, 2.05) is 53.3 Å². The van der Waals surface area contributed by atoms with Gasteiger partial charge in [0, 0.05) is 62.2 Å². The first-order chi connectivity index (χ1) is 20.6. The van der Waals surface area contributed by atoms with Crippen LogP contribution in [0.15, 0.2) is 85.1 Å². The molecule has 5 aromatic rings. The molecule has 4 heterocycles. The smallest absolute Gasteiger partial charge is 0.169 e. The zero-order chi connectivity index (χ0) is 28.5. The van der Waals surface area contributed by atoms with Gasteiger partial charge in [-0.2, -0.15) is 5.10 Å². The van der Waals surface area contributed by atoms with Crippen molar-refractivity contribution < 1.29 is 0 Å². The molecule has 2 saturated heterocycles. The maximum Gasteiger partial charge on any atom is 0.169 e. The number of aryl methyl sites for hydroxylation is 1. The second-order valence-corrected chi connectivity index (χ2v) is 11.6. The number of hydrogen-bond donors (Lipinski definition) is 1.